The van der Waals surface area contributed by atoms with Crippen LogP contribution in [0.4, 0.5) is 0 Å². The lowest BCUT2D eigenvalue weighted by Gasteiger charge is -2.31. The Balaban J connectivity index is 2.17. The molecule has 16 heteroatoms. The highest BCUT2D eigenvalue weighted by molar-refractivity contribution is 5.95. The second-order valence-electron chi connectivity index (χ2n) is 9.48. The Morgan fingerprint density at radius 3 is 1.97 bits per heavy atom. The topological polar surface area (TPSA) is 264 Å². The van der Waals surface area contributed by atoms with Crippen molar-refractivity contribution in [1.82, 2.24) is 20.4 Å². The molecule has 0 aromatic heterocycles. The number of aliphatic imine (C=N–C) groups is 1. The van der Waals surface area contributed by atoms with Gasteiger partial charge < -0.3 is 47.8 Å². The summed E-state index contributed by atoms with van der Waals surface area (Å²) in [6.07, 6.45) is 1.43. The largest absolute Gasteiger partial charge is 0.481 e. The number of nitrogens with one attached hydrogen (secondary N) is 2. The molecule has 39 heavy (non-hydrogen) atoms. The molecule has 10 N–H and O–H groups in total. The fraction of sp³-hybridized carbons (Fsp3) is 0.696. The number of carboxylic acids is 2. The van der Waals surface area contributed by atoms with Crippen LogP contribution in [0.25, 0.3) is 0 Å². The van der Waals surface area contributed by atoms with Crippen LogP contribution in [0.15, 0.2) is 4.99 Å². The number of nitrogens with two attached hydrogens (primary N) is 3. The minimum Gasteiger partial charge on any atom is -0.481 e. The Kier molecular flexibility index (Phi) is 11.9. The number of likely N-dealkylation sites (tertiary alicyclic amines) is 2. The molecule has 2 aliphatic heterocycles. The summed E-state index contributed by atoms with van der Waals surface area (Å²) in [5.74, 6) is -4.89. The maximum absolute atomic E-state index is 13.6. The standard InChI is InChI=1S/C23H38N8O8/c24-12-17(32)30-10-2-5-15(30)19(35)28-13(4-1-9-27-23(25)26)21(37)31-11-3-6-16(31)20(36)29-14(22(38)39)7-8-18(33)34/h13-16H,1-12,24H2,(H,28,35)(H,29,36)(H,33,34)(H,38,39)(H4,25,26,27)/t13-,14-,15-,16-/m0/s1. The second kappa shape index (κ2) is 14.8. The number of amides is 4. The number of carbonyl (C=O) groups is 6. The lowest BCUT2D eigenvalue weighted by atomic mass is 10.1. The van der Waals surface area contributed by atoms with Gasteiger partial charge in [-0.15, -0.1) is 0 Å². The van der Waals surface area contributed by atoms with E-state index in [0.717, 1.165) is 0 Å². The Morgan fingerprint density at radius 2 is 1.44 bits per heavy atom. The molecule has 0 aromatic rings. The molecule has 4 amide bonds. The van der Waals surface area contributed by atoms with Crippen LogP contribution in [-0.2, 0) is 28.8 Å². The third kappa shape index (κ3) is 9.08. The minimum atomic E-state index is -1.44. The van der Waals surface area contributed by atoms with E-state index in [1.165, 1.54) is 9.80 Å². The molecular formula is C23H38N8O8. The molecule has 0 saturated carbocycles. The zero-order valence-electron chi connectivity index (χ0n) is 21.7. The van der Waals surface area contributed by atoms with Gasteiger partial charge >= 0.3 is 11.9 Å². The van der Waals surface area contributed by atoms with Crippen molar-refractivity contribution in [3.63, 3.8) is 0 Å². The molecule has 2 aliphatic rings. The monoisotopic (exact) mass is 554 g/mol. The van der Waals surface area contributed by atoms with Gasteiger partial charge in [-0.05, 0) is 44.9 Å². The van der Waals surface area contributed by atoms with Crippen LogP contribution in [-0.4, -0.2) is 112 Å². The van der Waals surface area contributed by atoms with Crippen molar-refractivity contribution in [2.24, 2.45) is 22.2 Å². The van der Waals surface area contributed by atoms with E-state index in [-0.39, 0.29) is 50.8 Å². The van der Waals surface area contributed by atoms with Crippen molar-refractivity contribution < 1.29 is 39.0 Å². The first-order chi connectivity index (χ1) is 18.5. The molecule has 0 spiro atoms. The number of carboxylic acid groups (broad SMARTS) is 2. The van der Waals surface area contributed by atoms with Crippen LogP contribution in [0.1, 0.15) is 51.4 Å². The fourth-order valence-electron chi connectivity index (χ4n) is 4.78. The van der Waals surface area contributed by atoms with Crippen LogP contribution in [0, 0.1) is 0 Å². The van der Waals surface area contributed by atoms with Gasteiger partial charge in [0, 0.05) is 26.1 Å². The average molecular weight is 555 g/mol. The Labute approximate surface area is 225 Å². The highest BCUT2D eigenvalue weighted by atomic mass is 16.4. The van der Waals surface area contributed by atoms with Gasteiger partial charge in [0.05, 0.1) is 6.54 Å². The molecule has 4 atom stereocenters. The van der Waals surface area contributed by atoms with Crippen LogP contribution in [0.2, 0.25) is 0 Å². The van der Waals surface area contributed by atoms with E-state index in [1.54, 1.807) is 0 Å². The molecule has 0 aliphatic carbocycles. The van der Waals surface area contributed by atoms with Gasteiger partial charge in [-0.25, -0.2) is 4.79 Å². The highest BCUT2D eigenvalue weighted by Gasteiger charge is 2.40. The summed E-state index contributed by atoms with van der Waals surface area (Å²) in [5, 5.41) is 23.3. The van der Waals surface area contributed by atoms with Gasteiger partial charge in [0.15, 0.2) is 5.96 Å². The van der Waals surface area contributed by atoms with Crippen molar-refractivity contribution in [2.45, 2.75) is 75.5 Å². The Bertz CT molecular complexity index is 970. The third-order valence-electron chi connectivity index (χ3n) is 6.71. The number of aliphatic carboxylic acids is 2. The average Bonchev–Trinajstić information content (AvgIpc) is 3.57. The number of hydrogen-bond acceptors (Lipinski definition) is 8. The smallest absolute Gasteiger partial charge is 0.326 e. The van der Waals surface area contributed by atoms with E-state index in [4.69, 9.17) is 22.3 Å². The molecule has 2 fully saturated rings. The fourth-order valence-corrected chi connectivity index (χ4v) is 4.78. The quantitative estimate of drug-likeness (QED) is 0.0642. The molecule has 2 heterocycles. The van der Waals surface area contributed by atoms with Gasteiger partial charge in [0.1, 0.15) is 24.2 Å². The summed E-state index contributed by atoms with van der Waals surface area (Å²) in [4.78, 5) is 80.8. The van der Waals surface area contributed by atoms with Crippen LogP contribution >= 0.6 is 0 Å². The molecule has 2 rings (SSSR count). The molecule has 218 valence electrons. The highest BCUT2D eigenvalue weighted by Crippen LogP contribution is 2.22. The van der Waals surface area contributed by atoms with Crippen molar-refractivity contribution in [2.75, 3.05) is 26.2 Å². The van der Waals surface area contributed by atoms with E-state index in [2.05, 4.69) is 15.6 Å². The lowest BCUT2D eigenvalue weighted by Crippen LogP contribution is -2.57. The molecule has 16 nitrogen and oxygen atoms in total. The minimum absolute atomic E-state index is 0.129. The summed E-state index contributed by atoms with van der Waals surface area (Å²) in [6.45, 7) is 0.513. The summed E-state index contributed by atoms with van der Waals surface area (Å²) < 4.78 is 0. The first-order valence-electron chi connectivity index (χ1n) is 12.9. The summed E-state index contributed by atoms with van der Waals surface area (Å²) >= 11 is 0. The maximum Gasteiger partial charge on any atom is 0.326 e. The molecule has 0 unspecified atom stereocenters. The predicted molar refractivity (Wildman–Crippen MR) is 137 cm³/mol. The molecule has 0 bridgehead atoms. The SMILES string of the molecule is NCC(=O)N1CCC[C@H]1C(=O)N[C@@H](CCCN=C(N)N)C(=O)N1CCC[C@H]1C(=O)N[C@@H](CCC(=O)O)C(=O)O. The van der Waals surface area contributed by atoms with Crippen molar-refractivity contribution in [1.29, 1.82) is 0 Å². The molecule has 0 radical (unpaired) electrons. The second-order valence-corrected chi connectivity index (χ2v) is 9.48. The molecular weight excluding hydrogens is 516 g/mol. The van der Waals surface area contributed by atoms with E-state index >= 15 is 0 Å². The van der Waals surface area contributed by atoms with Gasteiger partial charge in [-0.1, -0.05) is 0 Å². The Hall–Kier alpha value is -3.95. The normalized spacial score (nSPS) is 20.1. The van der Waals surface area contributed by atoms with Gasteiger partial charge in [0.2, 0.25) is 23.6 Å². The van der Waals surface area contributed by atoms with E-state index in [0.29, 0.717) is 32.2 Å². The zero-order chi connectivity index (χ0) is 29.1. The van der Waals surface area contributed by atoms with E-state index < -0.39 is 60.2 Å². The number of guanidine groups is 1. The number of rotatable bonds is 14. The number of hydrogen-bond donors (Lipinski definition) is 7. The van der Waals surface area contributed by atoms with Crippen LogP contribution in [0.3, 0.4) is 0 Å². The van der Waals surface area contributed by atoms with E-state index in [1.807, 2.05) is 0 Å². The summed E-state index contributed by atoms with van der Waals surface area (Å²) in [5.41, 5.74) is 16.2. The first kappa shape index (κ1) is 31.3. The number of nitrogens with zero attached hydrogens (tertiary/aromatic N) is 3. The summed E-state index contributed by atoms with van der Waals surface area (Å²) in [6, 6.07) is -4.27. The third-order valence-corrected chi connectivity index (χ3v) is 6.71. The van der Waals surface area contributed by atoms with Crippen LogP contribution < -0.4 is 27.8 Å². The molecule has 2 saturated heterocycles. The zero-order valence-corrected chi connectivity index (χ0v) is 21.7. The first-order valence-corrected chi connectivity index (χ1v) is 12.9. The van der Waals surface area contributed by atoms with Crippen LogP contribution in [0.5, 0.6) is 0 Å². The number of carbonyl (C=O) groups excluding carboxylic acids is 4. The lowest BCUT2D eigenvalue weighted by molar-refractivity contribution is -0.145. The summed E-state index contributed by atoms with van der Waals surface area (Å²) in [7, 11) is 0. The van der Waals surface area contributed by atoms with Crippen molar-refractivity contribution >= 4 is 41.5 Å². The van der Waals surface area contributed by atoms with Gasteiger partial charge in [-0.3, -0.25) is 29.0 Å². The maximum atomic E-state index is 13.6. The molecule has 0 aromatic carbocycles. The van der Waals surface area contributed by atoms with Crippen molar-refractivity contribution in [3.8, 4) is 0 Å². The Morgan fingerprint density at radius 1 is 0.872 bits per heavy atom. The van der Waals surface area contributed by atoms with Crippen molar-refractivity contribution in [3.05, 3.63) is 0 Å². The van der Waals surface area contributed by atoms with E-state index in [9.17, 15) is 33.9 Å². The predicted octanol–water partition coefficient (Wildman–Crippen LogP) is -3.10. The van der Waals surface area contributed by atoms with Gasteiger partial charge in [0.25, 0.3) is 0 Å². The van der Waals surface area contributed by atoms with Gasteiger partial charge in [-0.2, -0.15) is 0 Å².